The van der Waals surface area contributed by atoms with E-state index < -0.39 is 12.1 Å². The number of ether oxygens (including phenoxy) is 4. The van der Waals surface area contributed by atoms with Crippen LogP contribution < -0.4 is 14.2 Å². The first kappa shape index (κ1) is 23.2. The Labute approximate surface area is 188 Å². The lowest BCUT2D eigenvalue weighted by molar-refractivity contribution is -0.148. The van der Waals surface area contributed by atoms with Gasteiger partial charge in [-0.1, -0.05) is 37.3 Å². The van der Waals surface area contributed by atoms with Crippen molar-refractivity contribution in [3.05, 3.63) is 84.4 Å². The number of carbonyl (C=O) groups is 1. The van der Waals surface area contributed by atoms with Crippen molar-refractivity contribution in [1.82, 2.24) is 0 Å². The zero-order chi connectivity index (χ0) is 22.8. The highest BCUT2D eigenvalue weighted by Gasteiger charge is 2.17. The minimum absolute atomic E-state index is 0.111. The molecule has 0 aromatic heterocycles. The minimum atomic E-state index is -0.976. The quantitative estimate of drug-likeness (QED) is 0.412. The third-order valence-corrected chi connectivity index (χ3v) is 4.90. The average molecular weight is 437 g/mol. The largest absolute Gasteiger partial charge is 0.490 e. The third kappa shape index (κ3) is 7.03. The molecule has 3 rings (SSSR count). The third-order valence-electron chi connectivity index (χ3n) is 4.90. The molecule has 1 N–H and O–H groups in total. The Morgan fingerprint density at radius 1 is 0.844 bits per heavy atom. The molecule has 32 heavy (non-hydrogen) atoms. The first-order valence-corrected chi connectivity index (χ1v) is 10.5. The molecule has 6 heteroatoms. The van der Waals surface area contributed by atoms with Gasteiger partial charge in [0.05, 0.1) is 0 Å². The lowest BCUT2D eigenvalue weighted by atomic mass is 10.1. The topological polar surface area (TPSA) is 74.2 Å². The van der Waals surface area contributed by atoms with E-state index in [-0.39, 0.29) is 6.10 Å². The van der Waals surface area contributed by atoms with Crippen LogP contribution in [0.25, 0.3) is 0 Å². The van der Waals surface area contributed by atoms with E-state index in [0.717, 1.165) is 29.2 Å². The second-order valence-electron chi connectivity index (χ2n) is 7.26. The molecule has 0 saturated heterocycles. The molecule has 2 atom stereocenters. The molecule has 0 spiro atoms. The molecule has 0 aliphatic rings. The number of methoxy groups -OCH3 is 1. The van der Waals surface area contributed by atoms with Crippen molar-refractivity contribution in [2.45, 2.75) is 32.0 Å². The van der Waals surface area contributed by atoms with E-state index >= 15 is 0 Å². The highest BCUT2D eigenvalue weighted by atomic mass is 16.5. The summed E-state index contributed by atoms with van der Waals surface area (Å²) in [5, 5.41) is 9.09. The van der Waals surface area contributed by atoms with Crippen molar-refractivity contribution in [1.29, 1.82) is 0 Å². The standard InChI is InChI=1S/C26H28O6/c1-3-20(18-30-21-11-9-19(10-12-21)17-25(29-2)26(27)28)31-23-13-15-24(16-14-23)32-22-7-5-4-6-8-22/h4-16,20,25H,3,17-18H2,1-2H3,(H,27,28). The Bertz CT molecular complexity index is 954. The molecular weight excluding hydrogens is 408 g/mol. The summed E-state index contributed by atoms with van der Waals surface area (Å²) in [6.07, 6.45) is 0.121. The van der Waals surface area contributed by atoms with Crippen LogP contribution in [0.3, 0.4) is 0 Å². The molecule has 2 unspecified atom stereocenters. The maximum atomic E-state index is 11.1. The summed E-state index contributed by atoms with van der Waals surface area (Å²) in [7, 11) is 1.39. The molecule has 3 aromatic rings. The normalized spacial score (nSPS) is 12.6. The number of rotatable bonds is 12. The summed E-state index contributed by atoms with van der Waals surface area (Å²) < 4.78 is 22.7. The second-order valence-corrected chi connectivity index (χ2v) is 7.26. The molecule has 168 valence electrons. The first-order chi connectivity index (χ1) is 15.6. The van der Waals surface area contributed by atoms with Crippen molar-refractivity contribution >= 4 is 5.97 Å². The maximum Gasteiger partial charge on any atom is 0.333 e. The number of aliphatic carboxylic acids is 1. The summed E-state index contributed by atoms with van der Waals surface area (Å²) in [6, 6.07) is 24.5. The van der Waals surface area contributed by atoms with Crippen LogP contribution in [-0.2, 0) is 16.0 Å². The number of hydrogen-bond donors (Lipinski definition) is 1. The summed E-state index contributed by atoms with van der Waals surface area (Å²) in [6.45, 7) is 2.44. The van der Waals surface area contributed by atoms with Gasteiger partial charge in [-0.3, -0.25) is 0 Å². The lowest BCUT2D eigenvalue weighted by Crippen LogP contribution is -2.25. The molecule has 0 amide bonds. The summed E-state index contributed by atoms with van der Waals surface area (Å²) in [5.41, 5.74) is 0.868. The van der Waals surface area contributed by atoms with Crippen molar-refractivity contribution in [2.75, 3.05) is 13.7 Å². The van der Waals surface area contributed by atoms with E-state index in [9.17, 15) is 4.79 Å². The van der Waals surface area contributed by atoms with E-state index in [1.807, 2.05) is 85.8 Å². The average Bonchev–Trinajstić information content (AvgIpc) is 2.82. The van der Waals surface area contributed by atoms with Crippen molar-refractivity contribution in [2.24, 2.45) is 0 Å². The van der Waals surface area contributed by atoms with Crippen LogP contribution in [0.4, 0.5) is 0 Å². The van der Waals surface area contributed by atoms with Crippen molar-refractivity contribution in [3.8, 4) is 23.0 Å². The first-order valence-electron chi connectivity index (χ1n) is 10.5. The van der Waals surface area contributed by atoms with E-state index in [1.165, 1.54) is 7.11 Å². The minimum Gasteiger partial charge on any atom is -0.490 e. The number of hydrogen-bond acceptors (Lipinski definition) is 5. The summed E-state index contributed by atoms with van der Waals surface area (Å²) in [4.78, 5) is 11.1. The van der Waals surface area contributed by atoms with Crippen LogP contribution in [0.5, 0.6) is 23.0 Å². The Morgan fingerprint density at radius 2 is 1.44 bits per heavy atom. The van der Waals surface area contributed by atoms with Gasteiger partial charge in [0.25, 0.3) is 0 Å². The van der Waals surface area contributed by atoms with Crippen LogP contribution in [0.2, 0.25) is 0 Å². The van der Waals surface area contributed by atoms with Crippen molar-refractivity contribution < 1.29 is 28.8 Å². The molecule has 0 aliphatic carbocycles. The summed E-state index contributed by atoms with van der Waals surface area (Å²) in [5.74, 6) is 2.00. The van der Waals surface area contributed by atoms with E-state index in [1.54, 1.807) is 0 Å². The smallest absolute Gasteiger partial charge is 0.333 e. The van der Waals surface area contributed by atoms with Gasteiger partial charge in [0.2, 0.25) is 0 Å². The Balaban J connectivity index is 1.49. The molecule has 6 nitrogen and oxygen atoms in total. The van der Waals surface area contributed by atoms with Crippen LogP contribution >= 0.6 is 0 Å². The number of carboxylic acid groups (broad SMARTS) is 1. The molecule has 0 saturated carbocycles. The van der Waals surface area contributed by atoms with E-state index in [4.69, 9.17) is 24.1 Å². The molecule has 0 radical (unpaired) electrons. The van der Waals surface area contributed by atoms with Crippen LogP contribution in [0, 0.1) is 0 Å². The Hall–Kier alpha value is -3.51. The fourth-order valence-corrected chi connectivity index (χ4v) is 3.03. The molecule has 0 bridgehead atoms. The van der Waals surface area contributed by atoms with E-state index in [0.29, 0.717) is 18.8 Å². The van der Waals surface area contributed by atoms with Gasteiger partial charge < -0.3 is 24.1 Å². The highest BCUT2D eigenvalue weighted by Crippen LogP contribution is 2.24. The molecule has 0 heterocycles. The predicted molar refractivity (Wildman–Crippen MR) is 122 cm³/mol. The lowest BCUT2D eigenvalue weighted by Gasteiger charge is -2.19. The van der Waals surface area contributed by atoms with Gasteiger partial charge in [0.15, 0.2) is 6.10 Å². The Morgan fingerprint density at radius 3 is 2.03 bits per heavy atom. The van der Waals surface area contributed by atoms with Crippen LogP contribution in [-0.4, -0.2) is 37.0 Å². The maximum absolute atomic E-state index is 11.1. The molecule has 0 aliphatic heterocycles. The SMILES string of the molecule is CCC(COc1ccc(CC(OC)C(=O)O)cc1)Oc1ccc(Oc2ccccc2)cc1. The van der Waals surface area contributed by atoms with Gasteiger partial charge in [0, 0.05) is 13.5 Å². The summed E-state index contributed by atoms with van der Waals surface area (Å²) >= 11 is 0. The monoisotopic (exact) mass is 436 g/mol. The molecule has 0 fully saturated rings. The molecule has 3 aromatic carbocycles. The Kier molecular flexibility index (Phi) is 8.52. The predicted octanol–water partition coefficient (Wildman–Crippen LogP) is 5.36. The van der Waals surface area contributed by atoms with Gasteiger partial charge in [-0.2, -0.15) is 0 Å². The van der Waals surface area contributed by atoms with Crippen LogP contribution in [0.15, 0.2) is 78.9 Å². The fraction of sp³-hybridized carbons (Fsp3) is 0.269. The number of benzene rings is 3. The van der Waals surface area contributed by atoms with Gasteiger partial charge in [-0.15, -0.1) is 0 Å². The number of carboxylic acids is 1. The van der Waals surface area contributed by atoms with Gasteiger partial charge in [-0.05, 0) is 60.5 Å². The van der Waals surface area contributed by atoms with E-state index in [2.05, 4.69) is 0 Å². The van der Waals surface area contributed by atoms with Crippen LogP contribution in [0.1, 0.15) is 18.9 Å². The van der Waals surface area contributed by atoms with Gasteiger partial charge in [-0.25, -0.2) is 4.79 Å². The molecular formula is C26H28O6. The second kappa shape index (κ2) is 11.8. The van der Waals surface area contributed by atoms with Gasteiger partial charge in [0.1, 0.15) is 35.7 Å². The van der Waals surface area contributed by atoms with Gasteiger partial charge >= 0.3 is 5.97 Å². The number of para-hydroxylation sites is 1. The fourth-order valence-electron chi connectivity index (χ4n) is 3.03. The highest BCUT2D eigenvalue weighted by molar-refractivity contribution is 5.72. The zero-order valence-corrected chi connectivity index (χ0v) is 18.3. The van der Waals surface area contributed by atoms with Crippen molar-refractivity contribution in [3.63, 3.8) is 0 Å². The zero-order valence-electron chi connectivity index (χ0n) is 18.3.